The summed E-state index contributed by atoms with van der Waals surface area (Å²) in [5, 5.41) is 3.96. The molecule has 2 heterocycles. The van der Waals surface area contributed by atoms with E-state index in [1.54, 1.807) is 17.5 Å². The average molecular weight is 353 g/mol. The molecule has 1 aliphatic carbocycles. The van der Waals surface area contributed by atoms with Crippen molar-refractivity contribution in [3.05, 3.63) is 70.3 Å². The first-order valence-corrected chi connectivity index (χ1v) is 9.04. The summed E-state index contributed by atoms with van der Waals surface area (Å²) in [6, 6.07) is 10.4. The van der Waals surface area contributed by atoms with E-state index in [0.717, 1.165) is 35.6 Å². The van der Waals surface area contributed by atoms with Crippen LogP contribution in [0.1, 0.15) is 38.5 Å². The third-order valence-corrected chi connectivity index (χ3v) is 6.31. The number of carbonyl (C=O) groups is 1. The fourth-order valence-corrected chi connectivity index (χ4v) is 5.19. The molecule has 1 unspecified atom stereocenters. The van der Waals surface area contributed by atoms with Crippen LogP contribution in [-0.2, 0) is 18.3 Å². The highest BCUT2D eigenvalue weighted by atomic mass is 32.1. The molecule has 1 aliphatic rings. The van der Waals surface area contributed by atoms with Gasteiger partial charge in [0.2, 0.25) is 0 Å². The first-order valence-electron chi connectivity index (χ1n) is 8.22. The Labute approximate surface area is 149 Å². The maximum absolute atomic E-state index is 11.9. The molecule has 3 N–H and O–H groups in total. The number of fused-ring (bicyclic) bond motifs is 1. The van der Waals surface area contributed by atoms with Gasteiger partial charge in [-0.25, -0.2) is 4.98 Å². The van der Waals surface area contributed by atoms with E-state index in [2.05, 4.69) is 22.4 Å². The summed E-state index contributed by atoms with van der Waals surface area (Å²) in [7, 11) is 1.82. The largest absolute Gasteiger partial charge is 0.448 e. The van der Waals surface area contributed by atoms with Crippen molar-refractivity contribution in [3.8, 4) is 0 Å². The molecule has 0 saturated heterocycles. The molecular formula is C19H19N3O2S. The number of aromatic nitrogens is 1. The number of primary amides is 1. The van der Waals surface area contributed by atoms with Crippen LogP contribution in [0.25, 0.3) is 0 Å². The number of carbonyl (C=O) groups excluding carboxylic acids is 1. The number of rotatable bonds is 4. The molecule has 3 aromatic rings. The Morgan fingerprint density at radius 1 is 1.36 bits per heavy atom. The smallest absolute Gasteiger partial charge is 0.251 e. The molecule has 128 valence electrons. The van der Waals surface area contributed by atoms with E-state index in [-0.39, 0.29) is 11.3 Å². The molecule has 5 nitrogen and oxygen atoms in total. The van der Waals surface area contributed by atoms with Crippen molar-refractivity contribution in [2.75, 3.05) is 12.4 Å². The van der Waals surface area contributed by atoms with Gasteiger partial charge in [-0.15, -0.1) is 11.3 Å². The average Bonchev–Trinajstić information content (AvgIpc) is 3.29. The third kappa shape index (κ3) is 2.44. The lowest BCUT2D eigenvalue weighted by Crippen LogP contribution is -2.34. The number of oxazole rings is 1. The van der Waals surface area contributed by atoms with E-state index in [0.29, 0.717) is 5.56 Å². The number of hydrogen-bond donors (Lipinski definition) is 2. The summed E-state index contributed by atoms with van der Waals surface area (Å²) in [4.78, 5) is 17.3. The van der Waals surface area contributed by atoms with Gasteiger partial charge in [0.25, 0.3) is 5.91 Å². The van der Waals surface area contributed by atoms with Crippen LogP contribution in [-0.4, -0.2) is 17.9 Å². The second-order valence-electron chi connectivity index (χ2n) is 6.31. The minimum Gasteiger partial charge on any atom is -0.448 e. The van der Waals surface area contributed by atoms with Crippen molar-refractivity contribution >= 4 is 22.2 Å². The normalized spacial score (nSPS) is 19.4. The Balaban J connectivity index is 1.87. The minimum atomic E-state index is -0.367. The van der Waals surface area contributed by atoms with E-state index >= 15 is 0 Å². The highest BCUT2D eigenvalue weighted by molar-refractivity contribution is 7.16. The van der Waals surface area contributed by atoms with Crippen LogP contribution in [0.4, 0.5) is 5.00 Å². The van der Waals surface area contributed by atoms with Gasteiger partial charge < -0.3 is 15.5 Å². The van der Waals surface area contributed by atoms with Gasteiger partial charge in [-0.05, 0) is 30.4 Å². The molecule has 0 saturated carbocycles. The lowest BCUT2D eigenvalue weighted by molar-refractivity contribution is 0.1000. The molecule has 6 heteroatoms. The Kier molecular flexibility index (Phi) is 3.84. The predicted molar refractivity (Wildman–Crippen MR) is 98.1 cm³/mol. The van der Waals surface area contributed by atoms with Gasteiger partial charge in [-0.3, -0.25) is 4.79 Å². The Morgan fingerprint density at radius 2 is 2.16 bits per heavy atom. The van der Waals surface area contributed by atoms with Crippen molar-refractivity contribution in [2.24, 2.45) is 5.73 Å². The van der Waals surface area contributed by atoms with Crippen molar-refractivity contribution in [1.82, 2.24) is 4.98 Å². The number of thiophene rings is 1. The van der Waals surface area contributed by atoms with Gasteiger partial charge in [-0.1, -0.05) is 30.3 Å². The molecule has 0 radical (unpaired) electrons. The Morgan fingerprint density at radius 3 is 2.80 bits per heavy atom. The van der Waals surface area contributed by atoms with Gasteiger partial charge in [0.15, 0.2) is 6.39 Å². The van der Waals surface area contributed by atoms with E-state index in [1.807, 2.05) is 25.2 Å². The summed E-state index contributed by atoms with van der Waals surface area (Å²) < 4.78 is 5.74. The Hall–Kier alpha value is -2.60. The summed E-state index contributed by atoms with van der Waals surface area (Å²) in [6.45, 7) is 0. The van der Waals surface area contributed by atoms with E-state index in [4.69, 9.17) is 10.2 Å². The highest BCUT2D eigenvalue weighted by Crippen LogP contribution is 2.48. The SMILES string of the molecule is CNc1sc2c(c1C(N)=O)CCC(c1ccccc1)(c1cnco1)C2. The number of benzene rings is 1. The fraction of sp³-hybridized carbons (Fsp3) is 0.263. The number of hydrogen-bond acceptors (Lipinski definition) is 5. The molecule has 0 fully saturated rings. The zero-order valence-electron chi connectivity index (χ0n) is 13.9. The lowest BCUT2D eigenvalue weighted by atomic mass is 9.68. The topological polar surface area (TPSA) is 81.1 Å². The highest BCUT2D eigenvalue weighted by Gasteiger charge is 2.42. The lowest BCUT2D eigenvalue weighted by Gasteiger charge is -2.35. The zero-order chi connectivity index (χ0) is 17.4. The van der Waals surface area contributed by atoms with Crippen LogP contribution in [0.5, 0.6) is 0 Å². The van der Waals surface area contributed by atoms with E-state index in [1.165, 1.54) is 16.8 Å². The predicted octanol–water partition coefficient (Wildman–Crippen LogP) is 3.35. The van der Waals surface area contributed by atoms with Crippen LogP contribution < -0.4 is 11.1 Å². The van der Waals surface area contributed by atoms with E-state index in [9.17, 15) is 4.79 Å². The zero-order valence-corrected chi connectivity index (χ0v) is 14.7. The molecule has 0 bridgehead atoms. The molecule has 4 rings (SSSR count). The van der Waals surface area contributed by atoms with Gasteiger partial charge in [-0.2, -0.15) is 0 Å². The van der Waals surface area contributed by atoms with Gasteiger partial charge >= 0.3 is 0 Å². The van der Waals surface area contributed by atoms with Crippen molar-refractivity contribution in [2.45, 2.75) is 24.7 Å². The van der Waals surface area contributed by atoms with Crippen LogP contribution in [0, 0.1) is 0 Å². The quantitative estimate of drug-likeness (QED) is 0.754. The van der Waals surface area contributed by atoms with Crippen molar-refractivity contribution in [1.29, 1.82) is 0 Å². The summed E-state index contributed by atoms with van der Waals surface area (Å²) in [5.74, 6) is 0.498. The van der Waals surface area contributed by atoms with Gasteiger partial charge in [0, 0.05) is 11.9 Å². The van der Waals surface area contributed by atoms with Crippen LogP contribution in [0.15, 0.2) is 47.3 Å². The van der Waals surface area contributed by atoms with Crippen LogP contribution in [0.2, 0.25) is 0 Å². The van der Waals surface area contributed by atoms with E-state index < -0.39 is 0 Å². The number of nitrogens with two attached hydrogens (primary N) is 1. The van der Waals surface area contributed by atoms with Crippen molar-refractivity contribution < 1.29 is 9.21 Å². The summed E-state index contributed by atoms with van der Waals surface area (Å²) >= 11 is 1.61. The van der Waals surface area contributed by atoms with Gasteiger partial charge in [0.1, 0.15) is 10.8 Å². The maximum atomic E-state index is 11.9. The molecule has 1 atom stereocenters. The number of nitrogens with one attached hydrogen (secondary N) is 1. The second-order valence-corrected chi connectivity index (χ2v) is 7.42. The monoisotopic (exact) mass is 353 g/mol. The first kappa shape index (κ1) is 15.9. The number of nitrogens with zero attached hydrogens (tertiary/aromatic N) is 1. The standard InChI is InChI=1S/C19H19N3O2S/c1-21-18-16(17(20)23)13-7-8-19(9-14(13)25-18,15-10-22-11-24-15)12-5-3-2-4-6-12/h2-6,10-11,21H,7-9H2,1H3,(H2,20,23). The maximum Gasteiger partial charge on any atom is 0.251 e. The molecule has 1 aromatic carbocycles. The van der Waals surface area contributed by atoms with Crippen LogP contribution >= 0.6 is 11.3 Å². The first-order chi connectivity index (χ1) is 12.2. The van der Waals surface area contributed by atoms with Crippen LogP contribution in [0.3, 0.4) is 0 Å². The van der Waals surface area contributed by atoms with Gasteiger partial charge in [0.05, 0.1) is 17.2 Å². The molecule has 0 spiro atoms. The minimum absolute atomic E-state index is 0.268. The molecule has 25 heavy (non-hydrogen) atoms. The molecular weight excluding hydrogens is 334 g/mol. The molecule has 1 amide bonds. The third-order valence-electron chi connectivity index (χ3n) is 5.06. The summed E-state index contributed by atoms with van der Waals surface area (Å²) in [6.07, 6.45) is 5.69. The molecule has 2 aromatic heterocycles. The molecule has 0 aliphatic heterocycles. The Bertz CT molecular complexity index is 902. The number of anilines is 1. The van der Waals surface area contributed by atoms with Crippen molar-refractivity contribution in [3.63, 3.8) is 0 Å². The summed E-state index contributed by atoms with van der Waals surface area (Å²) in [5.41, 5.74) is 8.29. The number of amides is 1. The fourth-order valence-electron chi connectivity index (χ4n) is 3.87. The second kappa shape index (κ2) is 6.04.